The van der Waals surface area contributed by atoms with Crippen LogP contribution >= 0.6 is 0 Å². The summed E-state index contributed by atoms with van der Waals surface area (Å²) in [6, 6.07) is 8.33. The van der Waals surface area contributed by atoms with Crippen molar-refractivity contribution in [3.63, 3.8) is 0 Å². The van der Waals surface area contributed by atoms with Gasteiger partial charge in [0.15, 0.2) is 0 Å². The Morgan fingerprint density at radius 3 is 1.75 bits per heavy atom. The molecule has 0 amide bonds. The Morgan fingerprint density at radius 2 is 1.25 bits per heavy atom. The van der Waals surface area contributed by atoms with E-state index < -0.39 is 0 Å². The summed E-state index contributed by atoms with van der Waals surface area (Å²) >= 11 is 0. The molecule has 0 unspecified atom stereocenters. The van der Waals surface area contributed by atoms with Gasteiger partial charge in [0.1, 0.15) is 0 Å². The molecule has 16 heavy (non-hydrogen) atoms. The topological polar surface area (TPSA) is 25.8 Å². The SMILES string of the molecule is Cc1ccnc2cc3nccc(C)c3cc12. The van der Waals surface area contributed by atoms with Crippen LogP contribution in [0, 0.1) is 13.8 Å². The Morgan fingerprint density at radius 1 is 0.750 bits per heavy atom. The van der Waals surface area contributed by atoms with Gasteiger partial charge in [-0.05, 0) is 49.2 Å². The van der Waals surface area contributed by atoms with Gasteiger partial charge in [0, 0.05) is 23.2 Å². The number of nitrogens with zero attached hydrogens (tertiary/aromatic N) is 2. The van der Waals surface area contributed by atoms with E-state index in [1.165, 1.54) is 21.9 Å². The largest absolute Gasteiger partial charge is 0.256 e. The van der Waals surface area contributed by atoms with E-state index >= 15 is 0 Å². The number of benzene rings is 1. The molecule has 0 saturated carbocycles. The number of pyridine rings is 2. The third kappa shape index (κ3) is 1.27. The molecule has 3 rings (SSSR count). The molecular formula is C14H12N2. The smallest absolute Gasteiger partial charge is 0.0726 e. The van der Waals surface area contributed by atoms with Crippen molar-refractivity contribution in [1.29, 1.82) is 0 Å². The molecule has 0 atom stereocenters. The zero-order chi connectivity index (χ0) is 11.1. The average Bonchev–Trinajstić information content (AvgIpc) is 2.28. The van der Waals surface area contributed by atoms with Crippen LogP contribution in [0.1, 0.15) is 11.1 Å². The maximum absolute atomic E-state index is 4.38. The standard InChI is InChI=1S/C14H12N2/c1-9-3-5-15-13-8-14-12(7-11(9)13)10(2)4-6-16-14/h3-8H,1-2H3. The fourth-order valence-corrected chi connectivity index (χ4v) is 2.06. The Bertz CT molecular complexity index is 630. The Kier molecular flexibility index (Phi) is 1.90. The molecule has 0 aliphatic carbocycles. The third-order valence-corrected chi connectivity index (χ3v) is 3.04. The van der Waals surface area contributed by atoms with E-state index in [1.807, 2.05) is 24.5 Å². The van der Waals surface area contributed by atoms with Gasteiger partial charge in [0.05, 0.1) is 11.0 Å². The summed E-state index contributed by atoms with van der Waals surface area (Å²) in [5.74, 6) is 0. The first-order valence-electron chi connectivity index (χ1n) is 5.36. The summed E-state index contributed by atoms with van der Waals surface area (Å²) in [5, 5.41) is 2.43. The quantitative estimate of drug-likeness (QED) is 0.529. The van der Waals surface area contributed by atoms with Crippen molar-refractivity contribution in [2.75, 3.05) is 0 Å². The highest BCUT2D eigenvalue weighted by Gasteiger charge is 2.03. The molecule has 0 saturated heterocycles. The molecule has 0 fully saturated rings. The highest BCUT2D eigenvalue weighted by molar-refractivity contribution is 5.97. The summed E-state index contributed by atoms with van der Waals surface area (Å²) in [4.78, 5) is 8.76. The van der Waals surface area contributed by atoms with E-state index in [0.29, 0.717) is 0 Å². The molecule has 0 N–H and O–H groups in total. The molecule has 1 aromatic carbocycles. The van der Waals surface area contributed by atoms with Crippen LogP contribution in [0.4, 0.5) is 0 Å². The summed E-state index contributed by atoms with van der Waals surface area (Å²) in [6.45, 7) is 4.23. The minimum Gasteiger partial charge on any atom is -0.256 e. The van der Waals surface area contributed by atoms with E-state index in [1.54, 1.807) is 0 Å². The zero-order valence-corrected chi connectivity index (χ0v) is 9.36. The number of fused-ring (bicyclic) bond motifs is 2. The van der Waals surface area contributed by atoms with Gasteiger partial charge in [0.25, 0.3) is 0 Å². The monoisotopic (exact) mass is 208 g/mol. The Hall–Kier alpha value is -1.96. The van der Waals surface area contributed by atoms with Crippen molar-refractivity contribution in [3.05, 3.63) is 47.8 Å². The molecule has 0 aliphatic rings. The first-order valence-corrected chi connectivity index (χ1v) is 5.36. The molecule has 3 aromatic rings. The lowest BCUT2D eigenvalue weighted by atomic mass is 10.0. The second-order valence-electron chi connectivity index (χ2n) is 4.14. The lowest BCUT2D eigenvalue weighted by Crippen LogP contribution is -1.87. The van der Waals surface area contributed by atoms with Crippen molar-refractivity contribution in [3.8, 4) is 0 Å². The fourth-order valence-electron chi connectivity index (χ4n) is 2.06. The first kappa shape index (κ1) is 9.28. The molecule has 0 bridgehead atoms. The average molecular weight is 208 g/mol. The number of aromatic nitrogens is 2. The van der Waals surface area contributed by atoms with E-state index in [0.717, 1.165) is 11.0 Å². The van der Waals surface area contributed by atoms with E-state index in [2.05, 4.69) is 35.9 Å². The summed E-state index contributed by atoms with van der Waals surface area (Å²) in [5.41, 5.74) is 4.56. The van der Waals surface area contributed by atoms with Gasteiger partial charge in [-0.3, -0.25) is 9.97 Å². The van der Waals surface area contributed by atoms with Gasteiger partial charge in [-0.25, -0.2) is 0 Å². The molecule has 0 radical (unpaired) electrons. The minimum atomic E-state index is 1.02. The van der Waals surface area contributed by atoms with Crippen molar-refractivity contribution in [1.82, 2.24) is 9.97 Å². The second-order valence-corrected chi connectivity index (χ2v) is 4.14. The van der Waals surface area contributed by atoms with Crippen LogP contribution in [0.15, 0.2) is 36.7 Å². The zero-order valence-electron chi connectivity index (χ0n) is 9.36. The highest BCUT2D eigenvalue weighted by Crippen LogP contribution is 2.24. The van der Waals surface area contributed by atoms with Crippen molar-refractivity contribution < 1.29 is 0 Å². The molecule has 2 heteroatoms. The summed E-state index contributed by atoms with van der Waals surface area (Å²) < 4.78 is 0. The predicted octanol–water partition coefficient (Wildman–Crippen LogP) is 3.40. The lowest BCUT2D eigenvalue weighted by molar-refractivity contribution is 1.34. The van der Waals surface area contributed by atoms with E-state index in [-0.39, 0.29) is 0 Å². The van der Waals surface area contributed by atoms with Gasteiger partial charge in [-0.1, -0.05) is 0 Å². The maximum atomic E-state index is 4.38. The van der Waals surface area contributed by atoms with Crippen molar-refractivity contribution in [2.24, 2.45) is 0 Å². The van der Waals surface area contributed by atoms with Gasteiger partial charge in [0.2, 0.25) is 0 Å². The number of hydrogen-bond donors (Lipinski definition) is 0. The van der Waals surface area contributed by atoms with E-state index in [4.69, 9.17) is 0 Å². The maximum Gasteiger partial charge on any atom is 0.0726 e. The molecule has 78 valence electrons. The van der Waals surface area contributed by atoms with Gasteiger partial charge in [-0.15, -0.1) is 0 Å². The highest BCUT2D eigenvalue weighted by atomic mass is 14.7. The van der Waals surface area contributed by atoms with Crippen molar-refractivity contribution in [2.45, 2.75) is 13.8 Å². The fraction of sp³-hybridized carbons (Fsp3) is 0.143. The van der Waals surface area contributed by atoms with Crippen LogP contribution in [0.5, 0.6) is 0 Å². The molecule has 0 aliphatic heterocycles. The predicted molar refractivity (Wildman–Crippen MR) is 66.5 cm³/mol. The Labute approximate surface area is 94.0 Å². The Balaban J connectivity index is 2.55. The molecule has 2 aromatic heterocycles. The minimum absolute atomic E-state index is 1.02. The first-order chi connectivity index (χ1) is 7.75. The number of hydrogen-bond acceptors (Lipinski definition) is 2. The van der Waals surface area contributed by atoms with Gasteiger partial charge < -0.3 is 0 Å². The van der Waals surface area contributed by atoms with Crippen LogP contribution in [0.2, 0.25) is 0 Å². The molecule has 2 nitrogen and oxygen atoms in total. The van der Waals surface area contributed by atoms with E-state index in [9.17, 15) is 0 Å². The van der Waals surface area contributed by atoms with Gasteiger partial charge in [-0.2, -0.15) is 0 Å². The molecule has 0 spiro atoms. The van der Waals surface area contributed by atoms with Crippen LogP contribution in [0.3, 0.4) is 0 Å². The molecular weight excluding hydrogens is 196 g/mol. The summed E-state index contributed by atoms with van der Waals surface area (Å²) in [6.07, 6.45) is 3.69. The molecule has 2 heterocycles. The number of aryl methyl sites for hydroxylation is 2. The summed E-state index contributed by atoms with van der Waals surface area (Å²) in [7, 11) is 0. The van der Waals surface area contributed by atoms with Crippen molar-refractivity contribution >= 4 is 21.8 Å². The van der Waals surface area contributed by atoms with Gasteiger partial charge >= 0.3 is 0 Å². The lowest BCUT2D eigenvalue weighted by Gasteiger charge is -2.05. The second kappa shape index (κ2) is 3.27. The van der Waals surface area contributed by atoms with Crippen LogP contribution in [0.25, 0.3) is 21.8 Å². The normalized spacial score (nSPS) is 11.1. The van der Waals surface area contributed by atoms with Crippen LogP contribution in [-0.2, 0) is 0 Å². The third-order valence-electron chi connectivity index (χ3n) is 3.04. The number of rotatable bonds is 0. The van der Waals surface area contributed by atoms with Crippen LogP contribution in [-0.4, -0.2) is 9.97 Å². The van der Waals surface area contributed by atoms with Crippen LogP contribution < -0.4 is 0 Å².